The van der Waals surface area contributed by atoms with Crippen molar-refractivity contribution in [1.29, 1.82) is 0 Å². The lowest BCUT2D eigenvalue weighted by atomic mass is 9.72. The van der Waals surface area contributed by atoms with E-state index in [2.05, 4.69) is 25.5 Å². The minimum atomic E-state index is -0.215. The Morgan fingerprint density at radius 3 is 2.57 bits per heavy atom. The molecule has 0 aromatic heterocycles. The van der Waals surface area contributed by atoms with Crippen LogP contribution in [0.15, 0.2) is 11.6 Å². The van der Waals surface area contributed by atoms with Crippen LogP contribution in [0.1, 0.15) is 33.6 Å². The van der Waals surface area contributed by atoms with E-state index in [1.54, 1.807) is 6.08 Å². The molecule has 1 aliphatic carbocycles. The largest absolute Gasteiger partial charge is 0.466 e. The summed E-state index contributed by atoms with van der Waals surface area (Å²) in [5.41, 5.74) is 1.26. The number of hydrogen-bond acceptors (Lipinski definition) is 2. The van der Waals surface area contributed by atoms with E-state index < -0.39 is 0 Å². The molecule has 1 saturated carbocycles. The summed E-state index contributed by atoms with van der Waals surface area (Å²) in [5, 5.41) is 0. The molecule has 0 aliphatic heterocycles. The van der Waals surface area contributed by atoms with Gasteiger partial charge in [0.05, 0.1) is 7.11 Å². The number of methoxy groups -OCH3 is 1. The molecule has 0 amide bonds. The summed E-state index contributed by atoms with van der Waals surface area (Å²) < 4.78 is 4.67. The lowest BCUT2D eigenvalue weighted by Crippen LogP contribution is -2.23. The highest BCUT2D eigenvalue weighted by molar-refractivity contribution is 5.82. The number of carbonyl (C=O) groups is 1. The summed E-state index contributed by atoms with van der Waals surface area (Å²) in [7, 11) is 1.43. The van der Waals surface area contributed by atoms with Crippen LogP contribution < -0.4 is 0 Å². The molecule has 0 aromatic carbocycles. The van der Waals surface area contributed by atoms with Gasteiger partial charge in [-0.15, -0.1) is 0 Å². The Kier molecular flexibility index (Phi) is 3.73. The van der Waals surface area contributed by atoms with Crippen molar-refractivity contribution in [2.24, 2.45) is 17.8 Å². The first-order valence-electron chi connectivity index (χ1n) is 5.35. The van der Waals surface area contributed by atoms with Crippen molar-refractivity contribution in [3.05, 3.63) is 11.6 Å². The first-order chi connectivity index (χ1) is 6.56. The molecule has 0 spiro atoms. The maximum atomic E-state index is 11.2. The van der Waals surface area contributed by atoms with Crippen LogP contribution in [0.3, 0.4) is 0 Å². The second kappa shape index (κ2) is 4.63. The number of esters is 1. The Morgan fingerprint density at radius 1 is 1.36 bits per heavy atom. The molecule has 3 unspecified atom stereocenters. The summed E-state index contributed by atoms with van der Waals surface area (Å²) in [6.07, 6.45) is 4.14. The van der Waals surface area contributed by atoms with E-state index >= 15 is 0 Å². The zero-order valence-corrected chi connectivity index (χ0v) is 9.54. The smallest absolute Gasteiger partial charge is 0.330 e. The van der Waals surface area contributed by atoms with E-state index in [0.717, 1.165) is 0 Å². The second-order valence-electron chi connectivity index (χ2n) is 4.41. The highest BCUT2D eigenvalue weighted by Crippen LogP contribution is 2.37. The van der Waals surface area contributed by atoms with Crippen molar-refractivity contribution in [1.82, 2.24) is 0 Å². The van der Waals surface area contributed by atoms with Gasteiger partial charge in [0.2, 0.25) is 0 Å². The number of rotatable bonds is 1. The quantitative estimate of drug-likeness (QED) is 0.476. The monoisotopic (exact) mass is 196 g/mol. The first kappa shape index (κ1) is 11.3. The number of carbonyl (C=O) groups excluding carboxylic acids is 1. The van der Waals surface area contributed by atoms with E-state index in [1.807, 2.05) is 0 Å². The molecule has 1 aliphatic rings. The highest BCUT2D eigenvalue weighted by Gasteiger charge is 2.27. The fourth-order valence-electron chi connectivity index (χ4n) is 2.18. The molecule has 1 rings (SSSR count). The molecule has 0 saturated heterocycles. The topological polar surface area (TPSA) is 26.3 Å². The molecule has 0 heterocycles. The van der Waals surface area contributed by atoms with E-state index in [-0.39, 0.29) is 5.97 Å². The normalized spacial score (nSPS) is 35.7. The predicted molar refractivity (Wildman–Crippen MR) is 56.8 cm³/mol. The van der Waals surface area contributed by atoms with Crippen LogP contribution in [0.4, 0.5) is 0 Å². The number of allylic oxidation sites excluding steroid dienone is 1. The van der Waals surface area contributed by atoms with Gasteiger partial charge in [0.25, 0.3) is 0 Å². The van der Waals surface area contributed by atoms with Crippen molar-refractivity contribution >= 4 is 5.97 Å². The molecule has 1 fully saturated rings. The summed E-state index contributed by atoms with van der Waals surface area (Å²) in [5.74, 6) is 1.51. The Balaban J connectivity index is 2.81. The van der Waals surface area contributed by atoms with Gasteiger partial charge in [0, 0.05) is 6.08 Å². The van der Waals surface area contributed by atoms with Crippen LogP contribution in [0.5, 0.6) is 0 Å². The van der Waals surface area contributed by atoms with Gasteiger partial charge in [-0.25, -0.2) is 4.79 Å². The van der Waals surface area contributed by atoms with Crippen LogP contribution >= 0.6 is 0 Å². The molecule has 0 radical (unpaired) electrons. The van der Waals surface area contributed by atoms with Gasteiger partial charge in [-0.05, 0) is 30.6 Å². The van der Waals surface area contributed by atoms with Crippen molar-refractivity contribution < 1.29 is 9.53 Å². The minimum absolute atomic E-state index is 0.215. The average Bonchev–Trinajstić information content (AvgIpc) is 2.18. The Labute approximate surface area is 86.3 Å². The van der Waals surface area contributed by atoms with E-state index in [1.165, 1.54) is 25.5 Å². The van der Waals surface area contributed by atoms with Crippen molar-refractivity contribution in [3.63, 3.8) is 0 Å². The van der Waals surface area contributed by atoms with Gasteiger partial charge in [-0.1, -0.05) is 26.3 Å². The van der Waals surface area contributed by atoms with Gasteiger partial charge >= 0.3 is 5.97 Å². The molecule has 14 heavy (non-hydrogen) atoms. The van der Waals surface area contributed by atoms with Crippen LogP contribution in [0, 0.1) is 17.8 Å². The first-order valence-corrected chi connectivity index (χ1v) is 5.35. The Morgan fingerprint density at radius 2 is 2.00 bits per heavy atom. The van der Waals surface area contributed by atoms with Gasteiger partial charge in [-0.2, -0.15) is 0 Å². The summed E-state index contributed by atoms with van der Waals surface area (Å²) >= 11 is 0. The lowest BCUT2D eigenvalue weighted by Gasteiger charge is -2.33. The predicted octanol–water partition coefficient (Wildman–Crippen LogP) is 2.79. The van der Waals surface area contributed by atoms with Gasteiger partial charge in [-0.3, -0.25) is 0 Å². The maximum absolute atomic E-state index is 11.2. The Bertz CT molecular complexity index is 243. The van der Waals surface area contributed by atoms with Crippen LogP contribution in [-0.2, 0) is 9.53 Å². The van der Waals surface area contributed by atoms with Crippen molar-refractivity contribution in [3.8, 4) is 0 Å². The van der Waals surface area contributed by atoms with Crippen molar-refractivity contribution in [2.45, 2.75) is 33.6 Å². The molecule has 2 heteroatoms. The second-order valence-corrected chi connectivity index (χ2v) is 4.41. The van der Waals surface area contributed by atoms with E-state index in [0.29, 0.717) is 17.8 Å². The minimum Gasteiger partial charge on any atom is -0.466 e. The zero-order chi connectivity index (χ0) is 10.7. The molecular formula is C12H20O2. The van der Waals surface area contributed by atoms with Crippen LogP contribution in [-0.4, -0.2) is 13.1 Å². The standard InChI is InChI=1S/C12H20O2/c1-8-5-6-9(2)11(10(8)3)7-12(13)14-4/h7-10H,5-6H2,1-4H3/b11-7-. The third-order valence-corrected chi connectivity index (χ3v) is 3.49. The molecule has 0 N–H and O–H groups in total. The fraction of sp³-hybridized carbons (Fsp3) is 0.750. The zero-order valence-electron chi connectivity index (χ0n) is 9.54. The lowest BCUT2D eigenvalue weighted by molar-refractivity contribution is -0.135. The Hall–Kier alpha value is -0.790. The highest BCUT2D eigenvalue weighted by atomic mass is 16.5. The molecule has 80 valence electrons. The van der Waals surface area contributed by atoms with Gasteiger partial charge < -0.3 is 4.74 Å². The van der Waals surface area contributed by atoms with Crippen LogP contribution in [0.25, 0.3) is 0 Å². The summed E-state index contributed by atoms with van der Waals surface area (Å²) in [6.45, 7) is 6.65. The molecule has 0 aromatic rings. The van der Waals surface area contributed by atoms with Crippen molar-refractivity contribution in [2.75, 3.05) is 7.11 Å². The van der Waals surface area contributed by atoms with E-state index in [9.17, 15) is 4.79 Å². The number of ether oxygens (including phenoxy) is 1. The maximum Gasteiger partial charge on any atom is 0.330 e. The fourth-order valence-corrected chi connectivity index (χ4v) is 2.18. The molecule has 2 nitrogen and oxygen atoms in total. The van der Waals surface area contributed by atoms with Gasteiger partial charge in [0.1, 0.15) is 0 Å². The number of hydrogen-bond donors (Lipinski definition) is 0. The van der Waals surface area contributed by atoms with Gasteiger partial charge in [0.15, 0.2) is 0 Å². The molecule has 3 atom stereocenters. The SMILES string of the molecule is COC(=O)/C=C1/C(C)CCC(C)C1C. The molecule has 0 bridgehead atoms. The third kappa shape index (κ3) is 2.37. The summed E-state index contributed by atoms with van der Waals surface area (Å²) in [6, 6.07) is 0. The van der Waals surface area contributed by atoms with E-state index in [4.69, 9.17) is 0 Å². The van der Waals surface area contributed by atoms with Crippen LogP contribution in [0.2, 0.25) is 0 Å². The average molecular weight is 196 g/mol. The molecular weight excluding hydrogens is 176 g/mol. The third-order valence-electron chi connectivity index (χ3n) is 3.49. The summed E-state index contributed by atoms with van der Waals surface area (Å²) in [4.78, 5) is 11.2.